The van der Waals surface area contributed by atoms with Crippen molar-refractivity contribution in [3.8, 4) is 0 Å². The molecule has 0 bridgehead atoms. The van der Waals surface area contributed by atoms with Gasteiger partial charge in [-0.25, -0.2) is 4.99 Å². The van der Waals surface area contributed by atoms with E-state index in [4.69, 9.17) is 11.6 Å². The Morgan fingerprint density at radius 1 is 1.50 bits per heavy atom. The second kappa shape index (κ2) is 3.68. The van der Waals surface area contributed by atoms with Crippen LogP contribution >= 0.6 is 11.6 Å². The molecule has 1 aliphatic rings. The van der Waals surface area contributed by atoms with Gasteiger partial charge >= 0.3 is 6.18 Å². The zero-order valence-electron chi connectivity index (χ0n) is 7.61. The molecule has 3 nitrogen and oxygen atoms in total. The number of halogens is 4. The minimum absolute atomic E-state index is 0.0438. The summed E-state index contributed by atoms with van der Waals surface area (Å²) in [5, 5.41) is 2.42. The molecule has 1 aliphatic heterocycles. The van der Waals surface area contributed by atoms with E-state index in [-0.39, 0.29) is 17.7 Å². The van der Waals surface area contributed by atoms with Crippen molar-refractivity contribution in [2.24, 2.45) is 4.99 Å². The van der Waals surface area contributed by atoms with Gasteiger partial charge in [-0.1, -0.05) is 0 Å². The van der Waals surface area contributed by atoms with E-state index >= 15 is 0 Å². The maximum absolute atomic E-state index is 12.4. The van der Waals surface area contributed by atoms with Crippen molar-refractivity contribution in [3.05, 3.63) is 11.4 Å². The number of hydrogen-bond donors (Lipinski definition) is 1. The van der Waals surface area contributed by atoms with Crippen LogP contribution in [0.5, 0.6) is 0 Å². The van der Waals surface area contributed by atoms with Crippen LogP contribution in [-0.4, -0.2) is 37.0 Å². The van der Waals surface area contributed by atoms with Crippen LogP contribution in [-0.2, 0) is 0 Å². The highest BCUT2D eigenvalue weighted by molar-refractivity contribution is 6.64. The van der Waals surface area contributed by atoms with Gasteiger partial charge in [-0.2, -0.15) is 13.2 Å². The second-order valence-electron chi connectivity index (χ2n) is 2.81. The van der Waals surface area contributed by atoms with Crippen LogP contribution in [0, 0.1) is 0 Å². The molecule has 0 spiro atoms. The van der Waals surface area contributed by atoms with E-state index in [1.165, 1.54) is 19.0 Å². The van der Waals surface area contributed by atoms with Gasteiger partial charge in [0.05, 0.1) is 12.1 Å². The molecule has 80 valence electrons. The Hall–Kier alpha value is -0.910. The molecule has 14 heavy (non-hydrogen) atoms. The summed E-state index contributed by atoms with van der Waals surface area (Å²) in [4.78, 5) is 4.81. The molecule has 0 aromatic heterocycles. The molecule has 0 atom stereocenters. The minimum Gasteiger partial charge on any atom is -0.373 e. The summed E-state index contributed by atoms with van der Waals surface area (Å²) in [5.41, 5.74) is -0.716. The lowest BCUT2D eigenvalue weighted by atomic mass is 10.2. The van der Waals surface area contributed by atoms with Crippen molar-refractivity contribution in [2.75, 3.05) is 20.6 Å². The topological polar surface area (TPSA) is 27.6 Å². The first kappa shape index (κ1) is 11.2. The Labute approximate surface area is 84.2 Å². The van der Waals surface area contributed by atoms with Crippen LogP contribution in [0.4, 0.5) is 13.2 Å². The maximum Gasteiger partial charge on any atom is 0.417 e. The smallest absolute Gasteiger partial charge is 0.373 e. The lowest BCUT2D eigenvalue weighted by molar-refractivity contribution is -0.0958. The first-order chi connectivity index (χ1) is 6.36. The predicted octanol–water partition coefficient (Wildman–Crippen LogP) is 1.52. The maximum atomic E-state index is 12.4. The SMILES string of the molecule is CNC1=C(C(F)(F)F)CN(C)C(Cl)=N1. The summed E-state index contributed by atoms with van der Waals surface area (Å²) in [5.74, 6) is -0.222. The van der Waals surface area contributed by atoms with E-state index in [0.717, 1.165) is 0 Å². The third kappa shape index (κ3) is 2.12. The highest BCUT2D eigenvalue weighted by Crippen LogP contribution is 2.30. The Balaban J connectivity index is 3.11. The van der Waals surface area contributed by atoms with Crippen molar-refractivity contribution in [2.45, 2.75) is 6.18 Å². The predicted molar refractivity (Wildman–Crippen MR) is 48.1 cm³/mol. The highest BCUT2D eigenvalue weighted by Gasteiger charge is 2.39. The number of hydrogen-bond acceptors (Lipinski definition) is 3. The molecule has 0 aromatic carbocycles. The molecule has 0 amide bonds. The van der Waals surface area contributed by atoms with Gasteiger partial charge in [0.25, 0.3) is 0 Å². The number of aliphatic imine (C=N–C) groups is 1. The molecule has 7 heteroatoms. The third-order valence-electron chi connectivity index (χ3n) is 1.78. The summed E-state index contributed by atoms with van der Waals surface area (Å²) in [6.45, 7) is -0.290. The molecule has 0 unspecified atom stereocenters. The quantitative estimate of drug-likeness (QED) is 0.688. The van der Waals surface area contributed by atoms with E-state index in [0.29, 0.717) is 0 Å². The lowest BCUT2D eigenvalue weighted by Gasteiger charge is -2.26. The molecule has 0 aromatic rings. The summed E-state index contributed by atoms with van der Waals surface area (Å²) < 4.78 is 37.3. The Morgan fingerprint density at radius 2 is 2.07 bits per heavy atom. The van der Waals surface area contributed by atoms with Crippen molar-refractivity contribution in [3.63, 3.8) is 0 Å². The van der Waals surface area contributed by atoms with Crippen LogP contribution in [0.1, 0.15) is 0 Å². The van der Waals surface area contributed by atoms with Crippen molar-refractivity contribution >= 4 is 16.9 Å². The number of amidine groups is 1. The molecule has 0 fully saturated rings. The molecular weight excluding hydrogens is 219 g/mol. The van der Waals surface area contributed by atoms with Crippen LogP contribution in [0.25, 0.3) is 0 Å². The molecule has 1 N–H and O–H groups in total. The standard InChI is InChI=1S/C7H9ClF3N3/c1-12-5-4(7(9,10)11)3-14(2)6(8)13-5/h12H,3H2,1-2H3. The number of rotatable bonds is 1. The van der Waals surface area contributed by atoms with Crippen molar-refractivity contribution in [1.82, 2.24) is 10.2 Å². The van der Waals surface area contributed by atoms with Gasteiger partial charge in [-0.3, -0.25) is 0 Å². The molecule has 0 radical (unpaired) electrons. The van der Waals surface area contributed by atoms with Gasteiger partial charge in [0, 0.05) is 14.1 Å². The van der Waals surface area contributed by atoms with Crippen LogP contribution < -0.4 is 5.32 Å². The van der Waals surface area contributed by atoms with Crippen LogP contribution in [0.15, 0.2) is 16.4 Å². The first-order valence-electron chi connectivity index (χ1n) is 3.79. The zero-order chi connectivity index (χ0) is 10.9. The van der Waals surface area contributed by atoms with Crippen molar-refractivity contribution < 1.29 is 13.2 Å². The first-order valence-corrected chi connectivity index (χ1v) is 4.17. The van der Waals surface area contributed by atoms with Crippen molar-refractivity contribution in [1.29, 1.82) is 0 Å². The summed E-state index contributed by atoms with van der Waals surface area (Å²) in [7, 11) is 2.82. The van der Waals surface area contributed by atoms with Gasteiger partial charge in [-0.05, 0) is 11.6 Å². The molecule has 0 saturated carbocycles. The van der Waals surface area contributed by atoms with E-state index in [2.05, 4.69) is 10.3 Å². The fraction of sp³-hybridized carbons (Fsp3) is 0.571. The van der Waals surface area contributed by atoms with E-state index in [9.17, 15) is 13.2 Å². The fourth-order valence-corrected chi connectivity index (χ4v) is 1.20. The minimum atomic E-state index is -4.38. The van der Waals surface area contributed by atoms with Gasteiger partial charge < -0.3 is 10.2 Å². The number of nitrogens with one attached hydrogen (secondary N) is 1. The molecule has 1 heterocycles. The fourth-order valence-electron chi connectivity index (χ4n) is 1.05. The largest absolute Gasteiger partial charge is 0.417 e. The molecule has 1 rings (SSSR count). The molecular formula is C7H9ClF3N3. The van der Waals surface area contributed by atoms with Gasteiger partial charge in [0.2, 0.25) is 5.29 Å². The third-order valence-corrected chi connectivity index (χ3v) is 2.15. The number of nitrogens with zero attached hydrogens (tertiary/aromatic N) is 2. The normalized spacial score (nSPS) is 18.4. The van der Waals surface area contributed by atoms with E-state index in [1.54, 1.807) is 0 Å². The molecule has 0 aliphatic carbocycles. The van der Waals surface area contributed by atoms with Crippen LogP contribution in [0.3, 0.4) is 0 Å². The lowest BCUT2D eigenvalue weighted by Crippen LogP contribution is -2.36. The highest BCUT2D eigenvalue weighted by atomic mass is 35.5. The average molecular weight is 228 g/mol. The molecule has 0 saturated heterocycles. The Kier molecular flexibility index (Phi) is 2.94. The Bertz CT molecular complexity index is 295. The summed E-state index contributed by atoms with van der Waals surface area (Å²) in [6, 6.07) is 0. The Morgan fingerprint density at radius 3 is 2.50 bits per heavy atom. The van der Waals surface area contributed by atoms with E-state index in [1.807, 2.05) is 0 Å². The summed E-state index contributed by atoms with van der Waals surface area (Å²) in [6.07, 6.45) is -4.38. The summed E-state index contributed by atoms with van der Waals surface area (Å²) >= 11 is 5.59. The second-order valence-corrected chi connectivity index (χ2v) is 3.15. The number of likely N-dealkylation sites (N-methyl/N-ethyl adjacent to an activating group) is 1. The monoisotopic (exact) mass is 227 g/mol. The van der Waals surface area contributed by atoms with Gasteiger partial charge in [0.1, 0.15) is 5.82 Å². The van der Waals surface area contributed by atoms with E-state index < -0.39 is 11.7 Å². The number of alkyl halides is 3. The average Bonchev–Trinajstić information content (AvgIpc) is 2.07. The van der Waals surface area contributed by atoms with Gasteiger partial charge in [0.15, 0.2) is 0 Å². The van der Waals surface area contributed by atoms with Gasteiger partial charge in [-0.15, -0.1) is 0 Å². The van der Waals surface area contributed by atoms with Crippen LogP contribution in [0.2, 0.25) is 0 Å². The zero-order valence-corrected chi connectivity index (χ0v) is 8.37.